The fourth-order valence-electron chi connectivity index (χ4n) is 0.655. The predicted molar refractivity (Wildman–Crippen MR) is 40.1 cm³/mol. The van der Waals surface area contributed by atoms with Gasteiger partial charge >= 0.3 is 6.03 Å². The van der Waals surface area contributed by atoms with Crippen molar-refractivity contribution in [1.29, 1.82) is 0 Å². The molecule has 57 valence electrons. The molecule has 0 aliphatic heterocycles. The van der Waals surface area contributed by atoms with Crippen LogP contribution in [0.1, 0.15) is 0 Å². The molecule has 0 saturated heterocycles. The molecule has 2 amide bonds. The molecule has 1 aromatic rings. The molecule has 0 aromatic heterocycles. The highest BCUT2D eigenvalue weighted by Crippen LogP contribution is 2.20. The second kappa shape index (κ2) is 2.92. The zero-order valence-corrected chi connectivity index (χ0v) is 5.66. The van der Waals surface area contributed by atoms with Crippen LogP contribution >= 0.6 is 0 Å². The van der Waals surface area contributed by atoms with E-state index in [4.69, 9.17) is 10.8 Å². The molecule has 1 rings (SSSR count). The quantitative estimate of drug-likeness (QED) is 0.516. The normalized spacial score (nSPS) is 9.09. The van der Waals surface area contributed by atoms with Gasteiger partial charge in [0, 0.05) is 0 Å². The summed E-state index contributed by atoms with van der Waals surface area (Å²) in [5, 5.41) is 11.3. The zero-order valence-electron chi connectivity index (χ0n) is 5.66. The van der Waals surface area contributed by atoms with Crippen molar-refractivity contribution in [1.82, 2.24) is 0 Å². The molecule has 0 bridgehead atoms. The lowest BCUT2D eigenvalue weighted by Crippen LogP contribution is -2.19. The lowest BCUT2D eigenvalue weighted by atomic mass is 10.3. The Morgan fingerprint density at radius 2 is 2.45 bits per heavy atom. The van der Waals surface area contributed by atoms with Gasteiger partial charge in [-0.25, -0.2) is 4.79 Å². The molecule has 4 nitrogen and oxygen atoms in total. The molecule has 0 aliphatic rings. The number of hydrogen-bond donors (Lipinski definition) is 3. The summed E-state index contributed by atoms with van der Waals surface area (Å²) in [5.74, 6) is -0.0254. The zero-order chi connectivity index (χ0) is 8.27. The van der Waals surface area contributed by atoms with Gasteiger partial charge in [-0.05, 0) is 18.2 Å². The molecule has 0 fully saturated rings. The smallest absolute Gasteiger partial charge is 0.316 e. The molecule has 4 N–H and O–H groups in total. The van der Waals surface area contributed by atoms with Crippen molar-refractivity contribution in [2.45, 2.75) is 0 Å². The van der Waals surface area contributed by atoms with Crippen molar-refractivity contribution >= 4 is 11.7 Å². The first kappa shape index (κ1) is 7.40. The Balaban J connectivity index is 2.86. The van der Waals surface area contributed by atoms with Crippen LogP contribution in [0.2, 0.25) is 0 Å². The number of carbonyl (C=O) groups excluding carboxylic acids is 1. The van der Waals surface area contributed by atoms with Crippen LogP contribution < -0.4 is 11.1 Å². The summed E-state index contributed by atoms with van der Waals surface area (Å²) in [6.45, 7) is 0. The maximum absolute atomic E-state index is 10.3. The van der Waals surface area contributed by atoms with Crippen LogP contribution in [0.5, 0.6) is 5.75 Å². The topological polar surface area (TPSA) is 75.4 Å². The SMILES string of the molecule is NC(=O)Nc1c[c]ccc1O. The average Bonchev–Trinajstić information content (AvgIpc) is 1.93. The van der Waals surface area contributed by atoms with E-state index in [0.717, 1.165) is 0 Å². The molecule has 0 atom stereocenters. The van der Waals surface area contributed by atoms with Crippen molar-refractivity contribution < 1.29 is 9.90 Å². The van der Waals surface area contributed by atoms with Crippen LogP contribution in [0.3, 0.4) is 0 Å². The van der Waals surface area contributed by atoms with Crippen molar-refractivity contribution in [3.8, 4) is 5.75 Å². The molecular formula is C7H7N2O2. The minimum Gasteiger partial charge on any atom is -0.506 e. The Kier molecular flexibility index (Phi) is 1.96. The molecule has 0 saturated carbocycles. The van der Waals surface area contributed by atoms with Crippen LogP contribution in [0.4, 0.5) is 10.5 Å². The average molecular weight is 151 g/mol. The highest BCUT2D eigenvalue weighted by Gasteiger charge is 1.99. The van der Waals surface area contributed by atoms with Gasteiger partial charge < -0.3 is 16.2 Å². The van der Waals surface area contributed by atoms with E-state index in [9.17, 15) is 4.79 Å². The number of hydrogen-bond acceptors (Lipinski definition) is 2. The van der Waals surface area contributed by atoms with Gasteiger partial charge in [-0.3, -0.25) is 0 Å². The number of aromatic hydroxyl groups is 1. The third-order valence-corrected chi connectivity index (χ3v) is 1.10. The summed E-state index contributed by atoms with van der Waals surface area (Å²) in [6, 6.07) is 6.34. The summed E-state index contributed by atoms with van der Waals surface area (Å²) in [4.78, 5) is 10.3. The molecule has 0 heterocycles. The van der Waals surface area contributed by atoms with E-state index < -0.39 is 6.03 Å². The van der Waals surface area contributed by atoms with E-state index in [0.29, 0.717) is 0 Å². The number of amides is 2. The Morgan fingerprint density at radius 1 is 1.73 bits per heavy atom. The van der Waals surface area contributed by atoms with E-state index >= 15 is 0 Å². The lowest BCUT2D eigenvalue weighted by molar-refractivity contribution is 0.259. The highest BCUT2D eigenvalue weighted by atomic mass is 16.3. The summed E-state index contributed by atoms with van der Waals surface area (Å²) in [6.07, 6.45) is 0. The van der Waals surface area contributed by atoms with Gasteiger partial charge in [0.25, 0.3) is 0 Å². The van der Waals surface area contributed by atoms with Crippen LogP contribution in [0.15, 0.2) is 18.2 Å². The van der Waals surface area contributed by atoms with Crippen LogP contribution in [0, 0.1) is 6.07 Å². The van der Waals surface area contributed by atoms with Crippen molar-refractivity contribution in [3.05, 3.63) is 24.3 Å². The minimum atomic E-state index is -0.708. The number of primary amides is 1. The summed E-state index contributed by atoms with van der Waals surface area (Å²) >= 11 is 0. The minimum absolute atomic E-state index is 0.0254. The second-order valence-corrected chi connectivity index (χ2v) is 1.93. The number of phenolic OH excluding ortho intramolecular Hbond substituents is 1. The van der Waals surface area contributed by atoms with Gasteiger partial charge in [0.15, 0.2) is 0 Å². The molecular weight excluding hydrogens is 144 g/mol. The van der Waals surface area contributed by atoms with Gasteiger partial charge in [-0.2, -0.15) is 0 Å². The number of urea groups is 1. The van der Waals surface area contributed by atoms with Crippen molar-refractivity contribution in [3.63, 3.8) is 0 Å². The number of carbonyl (C=O) groups is 1. The van der Waals surface area contributed by atoms with Crippen LogP contribution in [0.25, 0.3) is 0 Å². The number of anilines is 1. The van der Waals surface area contributed by atoms with E-state index in [2.05, 4.69) is 11.4 Å². The first-order valence-corrected chi connectivity index (χ1v) is 2.95. The largest absolute Gasteiger partial charge is 0.506 e. The number of phenols is 1. The second-order valence-electron chi connectivity index (χ2n) is 1.93. The number of nitrogens with one attached hydrogen (secondary N) is 1. The van der Waals surface area contributed by atoms with E-state index in [1.807, 2.05) is 0 Å². The highest BCUT2D eigenvalue weighted by molar-refractivity contribution is 5.89. The Bertz CT molecular complexity index is 273. The van der Waals surface area contributed by atoms with Gasteiger partial charge in [0.1, 0.15) is 5.75 Å². The maximum atomic E-state index is 10.3. The predicted octanol–water partition coefficient (Wildman–Crippen LogP) is 0.683. The van der Waals surface area contributed by atoms with Crippen LogP contribution in [-0.4, -0.2) is 11.1 Å². The monoisotopic (exact) mass is 151 g/mol. The Morgan fingerprint density at radius 3 is 3.00 bits per heavy atom. The summed E-state index contributed by atoms with van der Waals surface area (Å²) in [7, 11) is 0. The van der Waals surface area contributed by atoms with Gasteiger partial charge in [-0.15, -0.1) is 0 Å². The fraction of sp³-hybridized carbons (Fsp3) is 0. The van der Waals surface area contributed by atoms with Gasteiger partial charge in [-0.1, -0.05) is 6.07 Å². The maximum Gasteiger partial charge on any atom is 0.316 e. The molecule has 0 spiro atoms. The Hall–Kier alpha value is -1.71. The molecule has 0 aliphatic carbocycles. The molecule has 1 radical (unpaired) electrons. The fourth-order valence-corrected chi connectivity index (χ4v) is 0.655. The first-order valence-electron chi connectivity index (χ1n) is 2.95. The molecule has 1 aromatic carbocycles. The van der Waals surface area contributed by atoms with Crippen molar-refractivity contribution in [2.75, 3.05) is 5.32 Å². The third kappa shape index (κ3) is 1.86. The first-order chi connectivity index (χ1) is 5.20. The van der Waals surface area contributed by atoms with Crippen molar-refractivity contribution in [2.24, 2.45) is 5.73 Å². The standard InChI is InChI=1S/C7H7N2O2/c8-7(11)9-5-3-1-2-4-6(5)10/h2-4,10H,(H3,8,9,11). The van der Waals surface area contributed by atoms with E-state index in [1.54, 1.807) is 0 Å². The van der Waals surface area contributed by atoms with E-state index in [-0.39, 0.29) is 11.4 Å². The Labute approximate surface area is 63.6 Å². The number of rotatable bonds is 1. The molecule has 4 heteroatoms. The summed E-state index contributed by atoms with van der Waals surface area (Å²) in [5.41, 5.74) is 5.08. The third-order valence-electron chi connectivity index (χ3n) is 1.10. The molecule has 0 unspecified atom stereocenters. The van der Waals surface area contributed by atoms with Gasteiger partial charge in [0.05, 0.1) is 5.69 Å². The summed E-state index contributed by atoms with van der Waals surface area (Å²) < 4.78 is 0. The molecule has 11 heavy (non-hydrogen) atoms. The number of benzene rings is 1. The number of nitrogens with two attached hydrogens (primary N) is 1. The van der Waals surface area contributed by atoms with Crippen LogP contribution in [-0.2, 0) is 0 Å². The van der Waals surface area contributed by atoms with E-state index in [1.165, 1.54) is 18.2 Å². The lowest BCUT2D eigenvalue weighted by Gasteiger charge is -2.01. The van der Waals surface area contributed by atoms with Gasteiger partial charge in [0.2, 0.25) is 0 Å².